The Labute approximate surface area is 102 Å². The second-order valence-electron chi connectivity index (χ2n) is 4.13. The third kappa shape index (κ3) is 5.32. The van der Waals surface area contributed by atoms with E-state index >= 15 is 0 Å². The fraction of sp³-hybridized carbons (Fsp3) is 0.800. The third-order valence-corrected chi connectivity index (χ3v) is 2.76. The standard InChI is InChI=1S/C10H19N3O2.ClH/c11-8-3-1-2-7(6-8)10(15)13-5-4-9(12)14;/h7-8H,1-6,11H2,(H2,12,14)(H,13,15);1H. The van der Waals surface area contributed by atoms with Gasteiger partial charge >= 0.3 is 0 Å². The molecule has 0 bridgehead atoms. The second kappa shape index (κ2) is 7.46. The molecule has 2 unspecified atom stereocenters. The van der Waals surface area contributed by atoms with Crippen molar-refractivity contribution in [3.05, 3.63) is 0 Å². The van der Waals surface area contributed by atoms with Crippen LogP contribution in [0, 0.1) is 5.92 Å². The quantitative estimate of drug-likeness (QED) is 0.650. The van der Waals surface area contributed by atoms with Crippen molar-refractivity contribution < 1.29 is 9.59 Å². The number of primary amides is 1. The zero-order valence-corrected chi connectivity index (χ0v) is 10.1. The highest BCUT2D eigenvalue weighted by Crippen LogP contribution is 2.22. The van der Waals surface area contributed by atoms with Crippen LogP contribution in [0.25, 0.3) is 0 Å². The zero-order valence-electron chi connectivity index (χ0n) is 9.28. The van der Waals surface area contributed by atoms with Crippen LogP contribution in [-0.2, 0) is 9.59 Å². The number of amides is 2. The maximum absolute atomic E-state index is 11.6. The zero-order chi connectivity index (χ0) is 11.3. The normalized spacial score (nSPS) is 24.3. The van der Waals surface area contributed by atoms with Crippen LogP contribution in [0.1, 0.15) is 32.1 Å². The molecule has 1 saturated carbocycles. The van der Waals surface area contributed by atoms with Gasteiger partial charge in [-0.25, -0.2) is 0 Å². The number of rotatable bonds is 4. The van der Waals surface area contributed by atoms with E-state index in [2.05, 4.69) is 5.32 Å². The molecule has 0 aromatic carbocycles. The Morgan fingerprint density at radius 3 is 2.56 bits per heavy atom. The molecule has 1 rings (SSSR count). The first-order chi connectivity index (χ1) is 7.09. The fourth-order valence-electron chi connectivity index (χ4n) is 1.92. The van der Waals surface area contributed by atoms with Gasteiger partial charge in [-0.1, -0.05) is 6.42 Å². The minimum atomic E-state index is -0.393. The Bertz CT molecular complexity index is 248. The molecule has 6 heteroatoms. The van der Waals surface area contributed by atoms with Crippen molar-refractivity contribution >= 4 is 24.2 Å². The third-order valence-electron chi connectivity index (χ3n) is 2.76. The molecule has 1 fully saturated rings. The molecular formula is C10H20ClN3O2. The predicted octanol–water partition coefficient (Wildman–Crippen LogP) is -0.0827. The summed E-state index contributed by atoms with van der Waals surface area (Å²) >= 11 is 0. The van der Waals surface area contributed by atoms with Crippen molar-refractivity contribution in [1.82, 2.24) is 5.32 Å². The SMILES string of the molecule is Cl.NC(=O)CCNC(=O)C1CCCC(N)C1. The van der Waals surface area contributed by atoms with Gasteiger partial charge in [-0.3, -0.25) is 9.59 Å². The molecule has 5 N–H and O–H groups in total. The lowest BCUT2D eigenvalue weighted by molar-refractivity contribution is -0.126. The van der Waals surface area contributed by atoms with Gasteiger partial charge in [-0.2, -0.15) is 0 Å². The Morgan fingerprint density at radius 2 is 2.00 bits per heavy atom. The fourth-order valence-corrected chi connectivity index (χ4v) is 1.92. The van der Waals surface area contributed by atoms with E-state index in [9.17, 15) is 9.59 Å². The predicted molar refractivity (Wildman–Crippen MR) is 64.0 cm³/mol. The molecule has 0 aromatic heterocycles. The summed E-state index contributed by atoms with van der Waals surface area (Å²) in [6, 6.07) is 0.144. The molecule has 2 amide bonds. The molecule has 5 nitrogen and oxygen atoms in total. The van der Waals surface area contributed by atoms with Crippen molar-refractivity contribution in [3.63, 3.8) is 0 Å². The largest absolute Gasteiger partial charge is 0.370 e. The summed E-state index contributed by atoms with van der Waals surface area (Å²) in [5.41, 5.74) is 10.8. The summed E-state index contributed by atoms with van der Waals surface area (Å²) in [5.74, 6) is -0.372. The topological polar surface area (TPSA) is 98.2 Å². The number of carbonyl (C=O) groups excluding carboxylic acids is 2. The van der Waals surface area contributed by atoms with Crippen LogP contribution in [0.3, 0.4) is 0 Å². The van der Waals surface area contributed by atoms with Gasteiger partial charge in [0.15, 0.2) is 0 Å². The van der Waals surface area contributed by atoms with Crippen LogP contribution in [0.4, 0.5) is 0 Å². The van der Waals surface area contributed by atoms with Gasteiger partial charge in [0.05, 0.1) is 0 Å². The first kappa shape index (κ1) is 15.2. The summed E-state index contributed by atoms with van der Waals surface area (Å²) in [7, 11) is 0. The second-order valence-corrected chi connectivity index (χ2v) is 4.13. The lowest BCUT2D eigenvalue weighted by Crippen LogP contribution is -2.38. The molecule has 94 valence electrons. The number of hydrogen-bond acceptors (Lipinski definition) is 3. The Morgan fingerprint density at radius 1 is 1.31 bits per heavy atom. The highest BCUT2D eigenvalue weighted by molar-refractivity contribution is 5.85. The first-order valence-electron chi connectivity index (χ1n) is 5.41. The highest BCUT2D eigenvalue weighted by atomic mass is 35.5. The van der Waals surface area contributed by atoms with E-state index in [0.717, 1.165) is 25.7 Å². The van der Waals surface area contributed by atoms with Crippen molar-refractivity contribution in [3.8, 4) is 0 Å². The van der Waals surface area contributed by atoms with Crippen LogP contribution >= 0.6 is 12.4 Å². The first-order valence-corrected chi connectivity index (χ1v) is 5.41. The Hall–Kier alpha value is -0.810. The molecule has 1 aliphatic rings. The average molecular weight is 250 g/mol. The van der Waals surface area contributed by atoms with Gasteiger partial charge in [0.2, 0.25) is 11.8 Å². The minimum absolute atomic E-state index is 0. The molecule has 16 heavy (non-hydrogen) atoms. The van der Waals surface area contributed by atoms with Crippen LogP contribution in [0.5, 0.6) is 0 Å². The van der Waals surface area contributed by atoms with Crippen molar-refractivity contribution in [1.29, 1.82) is 0 Å². The molecule has 0 heterocycles. The van der Waals surface area contributed by atoms with Crippen LogP contribution in [0.2, 0.25) is 0 Å². The molecule has 0 radical (unpaired) electrons. The van der Waals surface area contributed by atoms with Crippen molar-refractivity contribution in [2.24, 2.45) is 17.4 Å². The molecule has 0 saturated heterocycles. The number of halogens is 1. The van der Waals surface area contributed by atoms with Crippen LogP contribution in [0.15, 0.2) is 0 Å². The maximum Gasteiger partial charge on any atom is 0.223 e. The Balaban J connectivity index is 0.00000225. The van der Waals surface area contributed by atoms with Gasteiger partial charge < -0.3 is 16.8 Å². The van der Waals surface area contributed by atoms with E-state index in [4.69, 9.17) is 11.5 Å². The van der Waals surface area contributed by atoms with Gasteiger partial charge in [-0.05, 0) is 19.3 Å². The molecule has 2 atom stereocenters. The van der Waals surface area contributed by atoms with Gasteiger partial charge in [0.1, 0.15) is 0 Å². The van der Waals surface area contributed by atoms with Crippen LogP contribution < -0.4 is 16.8 Å². The smallest absolute Gasteiger partial charge is 0.223 e. The van der Waals surface area contributed by atoms with E-state index in [0.29, 0.717) is 6.54 Å². The molecule has 1 aliphatic carbocycles. The molecular weight excluding hydrogens is 230 g/mol. The van der Waals surface area contributed by atoms with Crippen molar-refractivity contribution in [2.45, 2.75) is 38.1 Å². The molecule has 0 spiro atoms. The summed E-state index contributed by atoms with van der Waals surface area (Å²) in [6.07, 6.45) is 3.86. The van der Waals surface area contributed by atoms with Gasteiger partial charge in [0, 0.05) is 24.9 Å². The highest BCUT2D eigenvalue weighted by Gasteiger charge is 2.24. The minimum Gasteiger partial charge on any atom is -0.370 e. The lowest BCUT2D eigenvalue weighted by atomic mass is 9.85. The average Bonchev–Trinajstić information content (AvgIpc) is 2.17. The Kier molecular flexibility index (Phi) is 7.08. The number of hydrogen-bond donors (Lipinski definition) is 3. The summed E-state index contributed by atoms with van der Waals surface area (Å²) in [6.45, 7) is 0.333. The van der Waals surface area contributed by atoms with Gasteiger partial charge in [0.25, 0.3) is 0 Å². The maximum atomic E-state index is 11.6. The number of nitrogens with two attached hydrogens (primary N) is 2. The van der Waals surface area contributed by atoms with E-state index in [-0.39, 0.29) is 36.7 Å². The van der Waals surface area contributed by atoms with E-state index in [1.807, 2.05) is 0 Å². The number of carbonyl (C=O) groups is 2. The van der Waals surface area contributed by atoms with E-state index < -0.39 is 5.91 Å². The summed E-state index contributed by atoms with van der Waals surface area (Å²) in [4.78, 5) is 22.1. The molecule has 0 aliphatic heterocycles. The lowest BCUT2D eigenvalue weighted by Gasteiger charge is -2.25. The van der Waals surface area contributed by atoms with E-state index in [1.54, 1.807) is 0 Å². The van der Waals surface area contributed by atoms with Crippen molar-refractivity contribution in [2.75, 3.05) is 6.54 Å². The number of nitrogens with one attached hydrogen (secondary N) is 1. The monoisotopic (exact) mass is 249 g/mol. The summed E-state index contributed by atoms with van der Waals surface area (Å²) in [5, 5.41) is 2.71. The van der Waals surface area contributed by atoms with Crippen LogP contribution in [-0.4, -0.2) is 24.4 Å². The molecule has 0 aromatic rings. The van der Waals surface area contributed by atoms with E-state index in [1.165, 1.54) is 0 Å². The summed E-state index contributed by atoms with van der Waals surface area (Å²) < 4.78 is 0. The van der Waals surface area contributed by atoms with Gasteiger partial charge in [-0.15, -0.1) is 12.4 Å².